The van der Waals surface area contributed by atoms with Crippen molar-refractivity contribution in [1.82, 2.24) is 24.1 Å². The lowest BCUT2D eigenvalue weighted by molar-refractivity contribution is -0.387. The molecule has 0 aliphatic carbocycles. The predicted molar refractivity (Wildman–Crippen MR) is 179 cm³/mol. The summed E-state index contributed by atoms with van der Waals surface area (Å²) in [5, 5.41) is 29.8. The number of H-pyrrole nitrogens is 2. The number of nitrogens with two attached hydrogens (primary N) is 1. The fourth-order valence-corrected chi connectivity index (χ4v) is 6.29. The zero-order valence-electron chi connectivity index (χ0n) is 27.0. The van der Waals surface area contributed by atoms with Gasteiger partial charge >= 0.3 is 23.2 Å². The Bertz CT molecular complexity index is 2650. The number of primary sulfonamides is 1. The van der Waals surface area contributed by atoms with Gasteiger partial charge in [0.15, 0.2) is 0 Å². The van der Waals surface area contributed by atoms with Crippen molar-refractivity contribution in [3.05, 3.63) is 92.0 Å². The molecular weight excluding hydrogens is 747 g/mol. The molecule has 280 valence electrons. The van der Waals surface area contributed by atoms with Gasteiger partial charge in [0.25, 0.3) is 26.8 Å². The molecule has 0 fully saturated rings. The molecule has 52 heavy (non-hydrogen) atoms. The van der Waals surface area contributed by atoms with E-state index in [1.807, 2.05) is 4.98 Å². The van der Waals surface area contributed by atoms with Crippen molar-refractivity contribution in [2.24, 2.45) is 5.14 Å². The molecule has 27 heteroatoms. The Morgan fingerprint density at radius 3 is 2.02 bits per heavy atom. The second kappa shape index (κ2) is 13.5. The van der Waals surface area contributed by atoms with Gasteiger partial charge in [0.2, 0.25) is 21.3 Å². The largest absolute Gasteiger partial charge is 0.444 e. The molecule has 2 heterocycles. The summed E-state index contributed by atoms with van der Waals surface area (Å²) < 4.78 is 69.2. The van der Waals surface area contributed by atoms with Crippen molar-refractivity contribution >= 4 is 65.0 Å². The molecule has 0 radical (unpaired) electrons. The Labute approximate surface area is 288 Å². The molecule has 1 unspecified atom stereocenters. The lowest BCUT2D eigenvalue weighted by Gasteiger charge is -2.32. The van der Waals surface area contributed by atoms with Crippen LogP contribution in [0.2, 0.25) is 0 Å². The molecule has 4 rings (SSSR count). The number of aromatic nitrogens is 4. The Balaban J connectivity index is 1.86. The summed E-state index contributed by atoms with van der Waals surface area (Å²) in [6.07, 6.45) is -0.864. The van der Waals surface area contributed by atoms with Gasteiger partial charge in [-0.25, -0.2) is 45.8 Å². The minimum absolute atomic E-state index is 0.0805. The molecule has 1 amide bonds. The van der Waals surface area contributed by atoms with E-state index in [-0.39, 0.29) is 19.7 Å². The Hall–Kier alpha value is -6.22. The Morgan fingerprint density at radius 1 is 0.962 bits per heavy atom. The summed E-state index contributed by atoms with van der Waals surface area (Å²) in [4.78, 5) is 92.6. The number of nitro benzene ring substituents is 2. The minimum Gasteiger partial charge on any atom is -0.444 e. The van der Waals surface area contributed by atoms with Crippen LogP contribution in [0.3, 0.4) is 0 Å². The van der Waals surface area contributed by atoms with Crippen LogP contribution in [0.1, 0.15) is 26.3 Å². The van der Waals surface area contributed by atoms with Gasteiger partial charge in [0.1, 0.15) is 11.3 Å². The molecule has 4 aromatic rings. The van der Waals surface area contributed by atoms with Gasteiger partial charge in [-0.2, -0.15) is 9.07 Å². The van der Waals surface area contributed by atoms with Crippen LogP contribution < -0.4 is 37.8 Å². The quantitative estimate of drug-likeness (QED) is 0.0924. The molecule has 0 saturated carbocycles. The van der Waals surface area contributed by atoms with Gasteiger partial charge in [-0.1, -0.05) is 0 Å². The number of carbonyl (C=O) groups excluding carboxylic acids is 1. The topological polar surface area (TPSA) is 344 Å². The normalized spacial score (nSPS) is 12.7. The van der Waals surface area contributed by atoms with Gasteiger partial charge in [-0.3, -0.25) is 34.7 Å². The lowest BCUT2D eigenvalue weighted by Crippen LogP contribution is -2.54. The fraction of sp³-hybridized carbons (Fsp3) is 0.320. The maximum atomic E-state index is 14.5. The number of nitrogens with one attached hydrogen (secondary N) is 4. The number of nitrogens with zero attached hydrogens (tertiary/aromatic N) is 5. The van der Waals surface area contributed by atoms with Crippen LogP contribution in [0.4, 0.5) is 26.2 Å². The van der Waals surface area contributed by atoms with E-state index in [0.717, 1.165) is 12.1 Å². The van der Waals surface area contributed by atoms with Gasteiger partial charge in [-0.15, -0.1) is 0 Å². The number of hydrogen-bond donors (Lipinski definition) is 5. The predicted octanol–water partition coefficient (Wildman–Crippen LogP) is -0.755. The highest BCUT2D eigenvalue weighted by Crippen LogP contribution is 2.28. The van der Waals surface area contributed by atoms with Gasteiger partial charge in [-0.05, 0) is 32.9 Å². The van der Waals surface area contributed by atoms with Gasteiger partial charge < -0.3 is 20.0 Å². The summed E-state index contributed by atoms with van der Waals surface area (Å²) in [5.41, 5.74) is -13.1. The second-order valence-corrected chi connectivity index (χ2v) is 15.2. The monoisotopic (exact) mass is 774 g/mol. The number of halogens is 1. The average Bonchev–Trinajstić information content (AvgIpc) is 2.98. The van der Waals surface area contributed by atoms with Crippen LogP contribution in [0.5, 0.6) is 0 Å². The van der Waals surface area contributed by atoms with E-state index in [0.29, 0.717) is 18.4 Å². The number of aromatic amines is 2. The number of ether oxygens (including phenoxy) is 1. The number of benzene rings is 2. The third-order valence-electron chi connectivity index (χ3n) is 6.74. The highest BCUT2D eigenvalue weighted by molar-refractivity contribution is 7.91. The zero-order chi connectivity index (χ0) is 39.2. The minimum atomic E-state index is -5.24. The average molecular weight is 775 g/mol. The molecular formula is C25H27FN10O14S2. The third-order valence-corrected chi connectivity index (χ3v) is 8.31. The number of carbonyl (C=O) groups is 1. The van der Waals surface area contributed by atoms with E-state index in [4.69, 9.17) is 9.88 Å². The SMILES string of the molecule is CC(C)(C)OC(=O)N(CCNc1cc2c(=O)n(NS(C)(=O)=O)c(=O)[nH]c2cc1[N+](=O)[O-])C(n1c(=O)[nH]c2cc([N+](=O)[O-])c(F)cc2c1=O)S(N)(=O)=O. The first-order valence-electron chi connectivity index (χ1n) is 14.1. The van der Waals surface area contributed by atoms with Crippen LogP contribution >= 0.6 is 0 Å². The zero-order valence-corrected chi connectivity index (χ0v) is 28.7. The molecule has 6 N–H and O–H groups in total. The van der Waals surface area contributed by atoms with Crippen molar-refractivity contribution in [2.45, 2.75) is 31.9 Å². The molecule has 0 bridgehead atoms. The molecule has 0 saturated heterocycles. The van der Waals surface area contributed by atoms with Crippen LogP contribution in [-0.4, -0.2) is 81.8 Å². The summed E-state index contributed by atoms with van der Waals surface area (Å²) in [6, 6.07) is 2.46. The van der Waals surface area contributed by atoms with Gasteiger partial charge in [0, 0.05) is 25.2 Å². The molecule has 0 aliphatic rings. The number of hydrogen-bond acceptors (Lipinski definition) is 15. The summed E-state index contributed by atoms with van der Waals surface area (Å²) in [6.45, 7) is 2.53. The van der Waals surface area contributed by atoms with E-state index in [1.165, 1.54) is 20.8 Å². The van der Waals surface area contributed by atoms with Crippen LogP contribution in [0.15, 0.2) is 43.4 Å². The maximum Gasteiger partial charge on any atom is 0.412 e. The number of fused-ring (bicyclic) bond motifs is 2. The molecule has 0 aliphatic heterocycles. The van der Waals surface area contributed by atoms with Crippen LogP contribution in [0, 0.1) is 26.0 Å². The summed E-state index contributed by atoms with van der Waals surface area (Å²) >= 11 is 0. The van der Waals surface area contributed by atoms with Crippen LogP contribution in [0.25, 0.3) is 21.8 Å². The number of amides is 1. The Morgan fingerprint density at radius 2 is 1.50 bits per heavy atom. The van der Waals surface area contributed by atoms with Gasteiger partial charge in [0.05, 0.1) is 37.9 Å². The molecule has 0 spiro atoms. The maximum absolute atomic E-state index is 14.5. The molecule has 2 aromatic carbocycles. The second-order valence-electron chi connectivity index (χ2n) is 11.8. The Kier molecular flexibility index (Phi) is 10.0. The van der Waals surface area contributed by atoms with Crippen molar-refractivity contribution < 1.29 is 40.6 Å². The third kappa shape index (κ3) is 8.05. The molecule has 1 atom stereocenters. The van der Waals surface area contributed by atoms with E-state index >= 15 is 0 Å². The van der Waals surface area contributed by atoms with Crippen LogP contribution in [-0.2, 0) is 24.8 Å². The van der Waals surface area contributed by atoms with Crippen molar-refractivity contribution in [3.63, 3.8) is 0 Å². The first kappa shape index (κ1) is 38.6. The number of anilines is 1. The van der Waals surface area contributed by atoms with E-state index in [1.54, 1.807) is 4.83 Å². The van der Waals surface area contributed by atoms with Crippen molar-refractivity contribution in [2.75, 3.05) is 29.5 Å². The van der Waals surface area contributed by atoms with E-state index in [2.05, 4.69) is 10.3 Å². The molecule has 2 aromatic heterocycles. The highest BCUT2D eigenvalue weighted by Gasteiger charge is 2.39. The van der Waals surface area contributed by atoms with Crippen molar-refractivity contribution in [3.8, 4) is 0 Å². The van der Waals surface area contributed by atoms with E-state index < -0.39 is 122 Å². The first-order valence-corrected chi connectivity index (χ1v) is 17.6. The highest BCUT2D eigenvalue weighted by atomic mass is 32.2. The van der Waals surface area contributed by atoms with Crippen molar-refractivity contribution in [1.29, 1.82) is 0 Å². The number of sulfonamides is 2. The lowest BCUT2D eigenvalue weighted by atomic mass is 10.2. The smallest absolute Gasteiger partial charge is 0.412 e. The first-order chi connectivity index (χ1) is 23.8. The summed E-state index contributed by atoms with van der Waals surface area (Å²) in [7, 11) is -9.41. The molecule has 24 nitrogen and oxygen atoms in total. The number of rotatable bonds is 11. The summed E-state index contributed by atoms with van der Waals surface area (Å²) in [5.74, 6) is -1.53. The standard InChI is InChI=1S/C25H27FN10O14S2/c1-25(2,3)50-24(41)32(23(52(27,48)49)33-19(37)11-7-13(26)17(35(42)43)9-14(11)29-21(33)39)6-5-28-16-8-12-15(10-18(16)36(44)45)30-22(40)34(20(12)38)31-51(4,46)47/h7-10,23,28,31H,5-6H2,1-4H3,(H,29,39)(H,30,40)(H2,27,48,49). The fourth-order valence-electron chi connectivity index (χ4n) is 4.76. The van der Waals surface area contributed by atoms with E-state index in [9.17, 15) is 65.4 Å². The number of nitro groups is 2.